The number of hydrogen-bond acceptors (Lipinski definition) is 3. The fourth-order valence-electron chi connectivity index (χ4n) is 2.55. The first-order valence-electron chi connectivity index (χ1n) is 8.27. The molecule has 0 aliphatic heterocycles. The van der Waals surface area contributed by atoms with E-state index in [1.165, 1.54) is 0 Å². The maximum Gasteiger partial charge on any atom is 0.272 e. The Labute approximate surface area is 152 Å². The summed E-state index contributed by atoms with van der Waals surface area (Å²) in [6, 6.07) is 9.32. The SMILES string of the molecule is C[C@@H](c1ccc([S@@](C)=O)cc1)N(C)C(=O)c1cc(C(C)(C)C)nn1C. The highest BCUT2D eigenvalue weighted by atomic mass is 32.2. The predicted molar refractivity (Wildman–Crippen MR) is 101 cm³/mol. The Kier molecular flexibility index (Phi) is 5.52. The van der Waals surface area contributed by atoms with Gasteiger partial charge in [-0.1, -0.05) is 32.9 Å². The molecule has 2 aromatic rings. The van der Waals surface area contributed by atoms with E-state index in [-0.39, 0.29) is 17.4 Å². The number of amides is 1. The van der Waals surface area contributed by atoms with E-state index in [0.717, 1.165) is 16.2 Å². The maximum atomic E-state index is 12.9. The molecule has 0 N–H and O–H groups in total. The zero-order valence-corrected chi connectivity index (χ0v) is 16.8. The Hall–Kier alpha value is -1.95. The molecule has 6 heteroatoms. The standard InChI is InChI=1S/C19H27N3O2S/c1-13(14-8-10-15(11-9-14)25(7)24)21(5)18(23)16-12-17(19(2,3)4)20-22(16)6/h8-13H,1-7H3/t13-,25+/m0/s1. The van der Waals surface area contributed by atoms with Gasteiger partial charge in [0.2, 0.25) is 0 Å². The topological polar surface area (TPSA) is 55.2 Å². The molecule has 0 aliphatic carbocycles. The van der Waals surface area contributed by atoms with Gasteiger partial charge in [0.05, 0.1) is 11.7 Å². The minimum absolute atomic E-state index is 0.0684. The minimum Gasteiger partial charge on any atom is -0.334 e. The van der Waals surface area contributed by atoms with Gasteiger partial charge in [0.25, 0.3) is 5.91 Å². The average Bonchev–Trinajstić information content (AvgIpc) is 2.95. The summed E-state index contributed by atoms with van der Waals surface area (Å²) in [6.07, 6.45) is 1.66. The number of nitrogens with zero attached hydrogens (tertiary/aromatic N) is 3. The van der Waals surface area contributed by atoms with Crippen LogP contribution in [0.25, 0.3) is 0 Å². The number of benzene rings is 1. The molecule has 1 heterocycles. The van der Waals surface area contributed by atoms with E-state index in [1.807, 2.05) is 37.3 Å². The smallest absolute Gasteiger partial charge is 0.272 e. The van der Waals surface area contributed by atoms with Gasteiger partial charge in [-0.25, -0.2) is 0 Å². The fourth-order valence-corrected chi connectivity index (χ4v) is 3.07. The molecule has 0 saturated heterocycles. The number of hydrogen-bond donors (Lipinski definition) is 0. The molecule has 0 unspecified atom stereocenters. The predicted octanol–water partition coefficient (Wildman–Crippen LogP) is 3.29. The monoisotopic (exact) mass is 361 g/mol. The highest BCUT2D eigenvalue weighted by Gasteiger charge is 2.25. The number of carbonyl (C=O) groups excluding carboxylic acids is 1. The zero-order valence-electron chi connectivity index (χ0n) is 16.0. The van der Waals surface area contributed by atoms with Crippen molar-refractivity contribution < 1.29 is 9.00 Å². The molecule has 0 aliphatic rings. The molecule has 1 amide bonds. The molecule has 2 atom stereocenters. The van der Waals surface area contributed by atoms with E-state index in [9.17, 15) is 9.00 Å². The van der Waals surface area contributed by atoms with Crippen molar-refractivity contribution in [2.75, 3.05) is 13.3 Å². The molecule has 1 aromatic heterocycles. The molecular formula is C19H27N3O2S. The van der Waals surface area contributed by atoms with Gasteiger partial charge in [-0.15, -0.1) is 0 Å². The van der Waals surface area contributed by atoms with Gasteiger partial charge in [0, 0.05) is 41.5 Å². The van der Waals surface area contributed by atoms with Gasteiger partial charge in [0.15, 0.2) is 0 Å². The molecule has 0 bridgehead atoms. The van der Waals surface area contributed by atoms with Crippen LogP contribution in [0, 0.1) is 0 Å². The molecule has 0 spiro atoms. The lowest BCUT2D eigenvalue weighted by molar-refractivity contribution is 0.0731. The zero-order chi connectivity index (χ0) is 18.9. The summed E-state index contributed by atoms with van der Waals surface area (Å²) in [4.78, 5) is 15.4. The van der Waals surface area contributed by atoms with E-state index in [0.29, 0.717) is 5.69 Å². The Bertz CT molecular complexity index is 788. The highest BCUT2D eigenvalue weighted by molar-refractivity contribution is 7.84. The van der Waals surface area contributed by atoms with E-state index < -0.39 is 10.8 Å². The summed E-state index contributed by atoms with van der Waals surface area (Å²) in [5.41, 5.74) is 2.37. The maximum absolute atomic E-state index is 12.9. The summed E-state index contributed by atoms with van der Waals surface area (Å²) in [7, 11) is 2.59. The number of carbonyl (C=O) groups is 1. The number of aromatic nitrogens is 2. The second-order valence-electron chi connectivity index (χ2n) is 7.40. The molecule has 25 heavy (non-hydrogen) atoms. The summed E-state index contributed by atoms with van der Waals surface area (Å²) in [6.45, 7) is 8.22. The highest BCUT2D eigenvalue weighted by Crippen LogP contribution is 2.25. The Balaban J connectivity index is 2.24. The molecule has 136 valence electrons. The van der Waals surface area contributed by atoms with Gasteiger partial charge >= 0.3 is 0 Å². The second kappa shape index (κ2) is 7.12. The van der Waals surface area contributed by atoms with Gasteiger partial charge in [-0.2, -0.15) is 5.10 Å². The van der Waals surface area contributed by atoms with Crippen molar-refractivity contribution in [3.8, 4) is 0 Å². The van der Waals surface area contributed by atoms with Gasteiger partial charge in [-0.3, -0.25) is 13.7 Å². The Morgan fingerprint density at radius 2 is 1.80 bits per heavy atom. The molecule has 0 radical (unpaired) electrons. The summed E-state index contributed by atoms with van der Waals surface area (Å²) < 4.78 is 13.2. The summed E-state index contributed by atoms with van der Waals surface area (Å²) in [5, 5.41) is 4.48. The fraction of sp³-hybridized carbons (Fsp3) is 0.474. The van der Waals surface area contributed by atoms with Crippen LogP contribution in [0.5, 0.6) is 0 Å². The third kappa shape index (κ3) is 4.18. The normalized spacial score (nSPS) is 14.2. The van der Waals surface area contributed by atoms with Crippen molar-refractivity contribution in [2.45, 2.75) is 44.0 Å². The average molecular weight is 362 g/mol. The van der Waals surface area contributed by atoms with Crippen molar-refractivity contribution in [1.82, 2.24) is 14.7 Å². The van der Waals surface area contributed by atoms with Crippen molar-refractivity contribution in [3.05, 3.63) is 47.3 Å². The molecular weight excluding hydrogens is 334 g/mol. The van der Waals surface area contributed by atoms with Gasteiger partial charge in [-0.05, 0) is 30.7 Å². The lowest BCUT2D eigenvalue weighted by Gasteiger charge is -2.25. The van der Waals surface area contributed by atoms with Crippen LogP contribution in [-0.4, -0.2) is 38.1 Å². The van der Waals surface area contributed by atoms with Crippen LogP contribution in [-0.2, 0) is 23.3 Å². The number of rotatable bonds is 4. The first-order valence-corrected chi connectivity index (χ1v) is 9.83. The van der Waals surface area contributed by atoms with E-state index in [1.54, 1.807) is 29.9 Å². The third-order valence-corrected chi connectivity index (χ3v) is 5.40. The second-order valence-corrected chi connectivity index (χ2v) is 8.78. The van der Waals surface area contributed by atoms with Gasteiger partial charge in [0.1, 0.15) is 5.69 Å². The van der Waals surface area contributed by atoms with Crippen molar-refractivity contribution in [3.63, 3.8) is 0 Å². The van der Waals surface area contributed by atoms with Crippen LogP contribution < -0.4 is 0 Å². The first kappa shape index (κ1) is 19.4. The third-order valence-electron chi connectivity index (χ3n) is 4.46. The van der Waals surface area contributed by atoms with E-state index >= 15 is 0 Å². The lowest BCUT2D eigenvalue weighted by atomic mass is 9.92. The largest absolute Gasteiger partial charge is 0.334 e. The molecule has 2 rings (SSSR count). The van der Waals surface area contributed by atoms with Crippen molar-refractivity contribution in [1.29, 1.82) is 0 Å². The quantitative estimate of drug-likeness (QED) is 0.840. The Morgan fingerprint density at radius 3 is 2.24 bits per heavy atom. The van der Waals surface area contributed by atoms with E-state index in [4.69, 9.17) is 0 Å². The van der Waals surface area contributed by atoms with Crippen LogP contribution in [0.1, 0.15) is 55.5 Å². The van der Waals surface area contributed by atoms with Crippen molar-refractivity contribution >= 4 is 16.7 Å². The first-order chi connectivity index (χ1) is 11.5. The molecule has 1 aromatic carbocycles. The number of aryl methyl sites for hydroxylation is 1. The van der Waals surface area contributed by atoms with Crippen LogP contribution in [0.15, 0.2) is 35.2 Å². The van der Waals surface area contributed by atoms with Crippen LogP contribution in [0.4, 0.5) is 0 Å². The summed E-state index contributed by atoms with van der Waals surface area (Å²) in [5.74, 6) is -0.0684. The lowest BCUT2D eigenvalue weighted by Crippen LogP contribution is -2.31. The van der Waals surface area contributed by atoms with Crippen LogP contribution in [0.2, 0.25) is 0 Å². The Morgan fingerprint density at radius 1 is 1.24 bits per heavy atom. The molecule has 0 fully saturated rings. The van der Waals surface area contributed by atoms with Crippen molar-refractivity contribution in [2.24, 2.45) is 7.05 Å². The van der Waals surface area contributed by atoms with Gasteiger partial charge < -0.3 is 4.90 Å². The van der Waals surface area contributed by atoms with Crippen LogP contribution >= 0.6 is 0 Å². The van der Waals surface area contributed by atoms with Crippen LogP contribution in [0.3, 0.4) is 0 Å². The van der Waals surface area contributed by atoms with E-state index in [2.05, 4.69) is 25.9 Å². The summed E-state index contributed by atoms with van der Waals surface area (Å²) >= 11 is 0. The minimum atomic E-state index is -1.00. The molecule has 0 saturated carbocycles. The molecule has 5 nitrogen and oxygen atoms in total.